The van der Waals surface area contributed by atoms with Gasteiger partial charge in [0.25, 0.3) is 0 Å². The highest BCUT2D eigenvalue weighted by Crippen LogP contribution is 2.38. The van der Waals surface area contributed by atoms with E-state index in [1.165, 1.54) is 0 Å². The second kappa shape index (κ2) is 11.4. The van der Waals surface area contributed by atoms with Crippen molar-refractivity contribution in [2.45, 2.75) is 79.5 Å². The van der Waals surface area contributed by atoms with Crippen molar-refractivity contribution in [2.75, 3.05) is 6.54 Å². The molecule has 0 spiro atoms. The van der Waals surface area contributed by atoms with Crippen LogP contribution in [0.1, 0.15) is 68.3 Å². The molecule has 0 fully saturated rings. The zero-order chi connectivity index (χ0) is 26.6. The molecule has 1 aliphatic rings. The Kier molecular flexibility index (Phi) is 8.24. The Labute approximate surface area is 218 Å². The van der Waals surface area contributed by atoms with Gasteiger partial charge in [0, 0.05) is 32.4 Å². The summed E-state index contributed by atoms with van der Waals surface area (Å²) >= 11 is 0. The summed E-state index contributed by atoms with van der Waals surface area (Å²) in [5, 5.41) is 18.2. The van der Waals surface area contributed by atoms with Gasteiger partial charge in [-0.25, -0.2) is 0 Å². The highest BCUT2D eigenvalue weighted by molar-refractivity contribution is 5.74. The predicted octanol–water partition coefficient (Wildman–Crippen LogP) is 4.54. The summed E-state index contributed by atoms with van der Waals surface area (Å²) in [6.45, 7) is 12.6. The fraction of sp³-hybridized carbons (Fsp3) is 0.500. The molecule has 4 rings (SSSR count). The molecule has 0 aliphatic carbocycles. The summed E-state index contributed by atoms with van der Waals surface area (Å²) in [4.78, 5) is 19.2. The number of aromatic nitrogens is 4. The number of hydrogen-bond acceptors (Lipinski definition) is 7. The van der Waals surface area contributed by atoms with Crippen LogP contribution in [-0.2, 0) is 35.8 Å². The zero-order valence-corrected chi connectivity index (χ0v) is 22.3. The maximum absolute atomic E-state index is 12.2. The molecule has 2 atom stereocenters. The van der Waals surface area contributed by atoms with Crippen LogP contribution in [-0.4, -0.2) is 48.6 Å². The molecular formula is C28H37N5O4. The van der Waals surface area contributed by atoms with E-state index in [4.69, 9.17) is 9.47 Å². The van der Waals surface area contributed by atoms with E-state index in [0.717, 1.165) is 41.1 Å². The largest absolute Gasteiger partial charge is 0.487 e. The molecule has 9 heteroatoms. The Hall–Kier alpha value is -3.30. The Bertz CT molecular complexity index is 1220. The average Bonchev–Trinajstić information content (AvgIpc) is 3.26. The summed E-state index contributed by atoms with van der Waals surface area (Å²) in [5.41, 5.74) is 3.54. The highest BCUT2D eigenvalue weighted by atomic mass is 16.5. The fourth-order valence-electron chi connectivity index (χ4n) is 4.59. The third-order valence-electron chi connectivity index (χ3n) is 7.02. The lowest BCUT2D eigenvalue weighted by atomic mass is 9.81. The van der Waals surface area contributed by atoms with Gasteiger partial charge < -0.3 is 14.6 Å². The number of nitrogens with zero attached hydrogens (tertiary/aromatic N) is 5. The normalized spacial score (nSPS) is 17.1. The number of aliphatic carboxylic acids is 1. The number of carboxylic acids is 1. The van der Waals surface area contributed by atoms with Crippen molar-refractivity contribution in [1.29, 1.82) is 0 Å². The van der Waals surface area contributed by atoms with Gasteiger partial charge in [0.05, 0.1) is 30.0 Å². The van der Waals surface area contributed by atoms with Crippen LogP contribution >= 0.6 is 0 Å². The van der Waals surface area contributed by atoms with Crippen molar-refractivity contribution in [1.82, 2.24) is 24.9 Å². The van der Waals surface area contributed by atoms with E-state index in [0.29, 0.717) is 25.3 Å². The Morgan fingerprint density at radius 2 is 2.11 bits per heavy atom. The van der Waals surface area contributed by atoms with Crippen LogP contribution in [0.15, 0.2) is 42.7 Å². The van der Waals surface area contributed by atoms with E-state index in [1.54, 1.807) is 24.7 Å². The maximum atomic E-state index is 12.2. The zero-order valence-electron chi connectivity index (χ0n) is 22.3. The molecule has 1 aliphatic heterocycles. The molecule has 37 heavy (non-hydrogen) atoms. The Balaban J connectivity index is 1.60. The van der Waals surface area contributed by atoms with Gasteiger partial charge in [-0.2, -0.15) is 0 Å². The van der Waals surface area contributed by atoms with Gasteiger partial charge in [-0.3, -0.25) is 19.4 Å². The van der Waals surface area contributed by atoms with Gasteiger partial charge in [-0.15, -0.1) is 5.10 Å². The van der Waals surface area contributed by atoms with Crippen LogP contribution in [0, 0.1) is 12.3 Å². The summed E-state index contributed by atoms with van der Waals surface area (Å²) in [6, 6.07) is 9.98. The van der Waals surface area contributed by atoms with Crippen LogP contribution in [0.25, 0.3) is 0 Å². The van der Waals surface area contributed by atoms with E-state index >= 15 is 0 Å². The molecule has 9 nitrogen and oxygen atoms in total. The molecule has 0 saturated carbocycles. The van der Waals surface area contributed by atoms with Crippen molar-refractivity contribution in [3.63, 3.8) is 0 Å². The molecule has 0 unspecified atom stereocenters. The quantitative estimate of drug-likeness (QED) is 0.427. The Morgan fingerprint density at radius 1 is 1.30 bits per heavy atom. The molecule has 1 N–H and O–H groups in total. The lowest BCUT2D eigenvalue weighted by Crippen LogP contribution is -2.34. The molecule has 0 radical (unpaired) electrons. The number of pyridine rings is 1. The third-order valence-corrected chi connectivity index (χ3v) is 7.02. The first kappa shape index (κ1) is 26.8. The van der Waals surface area contributed by atoms with Crippen molar-refractivity contribution in [3.8, 4) is 5.75 Å². The molecule has 198 valence electrons. The van der Waals surface area contributed by atoms with Gasteiger partial charge in [0.15, 0.2) is 0 Å². The van der Waals surface area contributed by atoms with Gasteiger partial charge in [-0.1, -0.05) is 30.3 Å². The van der Waals surface area contributed by atoms with Crippen LogP contribution in [0.4, 0.5) is 0 Å². The second-order valence-corrected chi connectivity index (χ2v) is 10.2. The molecule has 1 aromatic carbocycles. The molecule has 3 heterocycles. The number of rotatable bonds is 10. The molecular weight excluding hydrogens is 470 g/mol. The standard InChI is InChI=1S/C28H37N5O4/c1-6-23-16-32(17-24-25(37-23)9-8-12-29-24)14-21-13-20(11-10-19(21)3)26(28(4,5)27(34)35)36-18-22-15-33(7-2)31-30-22/h8-13,15,23,26H,6-7,14,16-18H2,1-5H3,(H,34,35)/t23-,26-/m1/s1. The van der Waals surface area contributed by atoms with Gasteiger partial charge in [0.1, 0.15) is 17.5 Å². The van der Waals surface area contributed by atoms with Crippen molar-refractivity contribution in [2.24, 2.45) is 5.41 Å². The molecule has 0 bridgehead atoms. The van der Waals surface area contributed by atoms with E-state index in [1.807, 2.05) is 37.4 Å². The molecule has 0 saturated heterocycles. The lowest BCUT2D eigenvalue weighted by molar-refractivity contribution is -0.158. The number of carboxylic acid groups (broad SMARTS) is 1. The molecule has 2 aromatic heterocycles. The predicted molar refractivity (Wildman–Crippen MR) is 139 cm³/mol. The first-order valence-electron chi connectivity index (χ1n) is 12.9. The number of fused-ring (bicyclic) bond motifs is 1. The first-order valence-corrected chi connectivity index (χ1v) is 12.9. The van der Waals surface area contributed by atoms with Crippen LogP contribution in [0.3, 0.4) is 0 Å². The van der Waals surface area contributed by atoms with Crippen molar-refractivity contribution >= 4 is 5.97 Å². The van der Waals surface area contributed by atoms with Gasteiger partial charge >= 0.3 is 5.97 Å². The topological polar surface area (TPSA) is 103 Å². The second-order valence-electron chi connectivity index (χ2n) is 10.2. The maximum Gasteiger partial charge on any atom is 0.312 e. The van der Waals surface area contributed by atoms with Crippen LogP contribution < -0.4 is 4.74 Å². The summed E-state index contributed by atoms with van der Waals surface area (Å²) in [5.74, 6) is -0.0750. The lowest BCUT2D eigenvalue weighted by Gasteiger charge is -2.31. The number of aryl methyl sites for hydroxylation is 2. The number of benzene rings is 1. The van der Waals surface area contributed by atoms with E-state index in [-0.39, 0.29) is 12.7 Å². The summed E-state index contributed by atoms with van der Waals surface area (Å²) in [7, 11) is 0. The van der Waals surface area contributed by atoms with E-state index < -0.39 is 17.5 Å². The SMILES string of the molecule is CC[C@@H]1CN(Cc2cc([C@@H](OCc3cn(CC)nn3)C(C)(C)C(=O)O)ccc2C)Cc2ncccc2O1. The summed E-state index contributed by atoms with van der Waals surface area (Å²) in [6.07, 6.45) is 3.92. The van der Waals surface area contributed by atoms with Crippen molar-refractivity contribution in [3.05, 3.63) is 70.8 Å². The Morgan fingerprint density at radius 3 is 2.81 bits per heavy atom. The van der Waals surface area contributed by atoms with Gasteiger partial charge in [0.2, 0.25) is 0 Å². The fourth-order valence-corrected chi connectivity index (χ4v) is 4.59. The minimum atomic E-state index is -1.15. The third kappa shape index (κ3) is 6.17. The smallest absolute Gasteiger partial charge is 0.312 e. The highest BCUT2D eigenvalue weighted by Gasteiger charge is 2.39. The summed E-state index contributed by atoms with van der Waals surface area (Å²) < 4.78 is 14.2. The average molecular weight is 508 g/mol. The first-order chi connectivity index (χ1) is 17.7. The minimum absolute atomic E-state index is 0.0764. The molecule has 0 amide bonds. The van der Waals surface area contributed by atoms with E-state index in [9.17, 15) is 9.90 Å². The van der Waals surface area contributed by atoms with Crippen molar-refractivity contribution < 1.29 is 19.4 Å². The molecule has 3 aromatic rings. The number of carbonyl (C=O) groups is 1. The monoisotopic (exact) mass is 507 g/mol. The van der Waals surface area contributed by atoms with Gasteiger partial charge in [-0.05, 0) is 62.9 Å². The minimum Gasteiger partial charge on any atom is -0.487 e. The van der Waals surface area contributed by atoms with E-state index in [2.05, 4.69) is 40.1 Å². The number of hydrogen-bond donors (Lipinski definition) is 1. The van der Waals surface area contributed by atoms with Crippen LogP contribution in [0.2, 0.25) is 0 Å². The van der Waals surface area contributed by atoms with Crippen LogP contribution in [0.5, 0.6) is 5.75 Å². The number of ether oxygens (including phenoxy) is 2.